The van der Waals surface area contributed by atoms with Crippen LogP contribution in [-0.2, 0) is 4.79 Å². The van der Waals surface area contributed by atoms with Gasteiger partial charge in [0.15, 0.2) is 22.5 Å². The van der Waals surface area contributed by atoms with Crippen molar-refractivity contribution >= 4 is 56.9 Å². The number of ether oxygens (including phenoxy) is 1. The monoisotopic (exact) mass is 565 g/mol. The zero-order chi connectivity index (χ0) is 26.9. The van der Waals surface area contributed by atoms with Crippen molar-refractivity contribution in [3.8, 4) is 5.75 Å². The van der Waals surface area contributed by atoms with E-state index in [0.29, 0.717) is 6.54 Å². The average molecular weight is 566 g/mol. The standard InChI is InChI=1S/C27H31N7O3S2/c1-31-23-22(24(35)30-26(31)36)34(12-5-17-38-27-28-20-6-3-4-7-21(20)39-27)25(29-23)33-15-13-32(14-16-33)18-8-10-19(37-2)11-9-18/h3-4,6-11,22-23H,5,12-17H2,1-2H3,(H,30,35,36). The molecule has 3 aromatic rings. The van der Waals surface area contributed by atoms with E-state index in [1.807, 2.05) is 30.3 Å². The summed E-state index contributed by atoms with van der Waals surface area (Å²) in [7, 11) is 3.37. The molecule has 2 unspecified atom stereocenters. The number of urea groups is 1. The molecule has 1 N–H and O–H groups in total. The van der Waals surface area contributed by atoms with E-state index in [2.05, 4.69) is 38.2 Å². The number of amides is 3. The molecule has 39 heavy (non-hydrogen) atoms. The predicted octanol–water partition coefficient (Wildman–Crippen LogP) is 3.16. The van der Waals surface area contributed by atoms with E-state index in [0.717, 1.165) is 65.6 Å². The summed E-state index contributed by atoms with van der Waals surface area (Å²) in [6.45, 7) is 3.90. The maximum atomic E-state index is 13.0. The van der Waals surface area contributed by atoms with Crippen molar-refractivity contribution in [1.82, 2.24) is 25.0 Å². The fraction of sp³-hybridized carbons (Fsp3) is 0.407. The molecule has 2 atom stereocenters. The topological polar surface area (TPSA) is 93.6 Å². The minimum Gasteiger partial charge on any atom is -0.497 e. The lowest BCUT2D eigenvalue weighted by molar-refractivity contribution is -0.127. The number of nitrogens with zero attached hydrogens (tertiary/aromatic N) is 6. The van der Waals surface area contributed by atoms with E-state index in [-0.39, 0.29) is 5.91 Å². The summed E-state index contributed by atoms with van der Waals surface area (Å²) in [5, 5.41) is 2.51. The lowest BCUT2D eigenvalue weighted by Gasteiger charge is -2.41. The molecule has 10 nitrogen and oxygen atoms in total. The first-order chi connectivity index (χ1) is 19.0. The second-order valence-electron chi connectivity index (χ2n) is 9.71. The Hall–Kier alpha value is -3.51. The van der Waals surface area contributed by atoms with Crippen molar-refractivity contribution in [2.75, 3.05) is 57.5 Å². The van der Waals surface area contributed by atoms with Crippen LogP contribution in [0.2, 0.25) is 0 Å². The van der Waals surface area contributed by atoms with Crippen LogP contribution in [0.25, 0.3) is 10.2 Å². The Kier molecular flexibility index (Phi) is 7.22. The number of carbonyl (C=O) groups excluding carboxylic acids is 2. The number of piperazine rings is 1. The number of aromatic nitrogens is 1. The number of rotatable bonds is 7. The molecule has 3 aliphatic rings. The highest BCUT2D eigenvalue weighted by Gasteiger charge is 2.49. The summed E-state index contributed by atoms with van der Waals surface area (Å²) in [5.74, 6) is 2.25. The van der Waals surface area contributed by atoms with Crippen molar-refractivity contribution in [1.29, 1.82) is 0 Å². The second-order valence-corrected chi connectivity index (χ2v) is 12.1. The second kappa shape index (κ2) is 10.9. The minimum absolute atomic E-state index is 0.280. The van der Waals surface area contributed by atoms with Crippen LogP contribution >= 0.6 is 23.1 Å². The molecule has 0 radical (unpaired) electrons. The Morgan fingerprint density at radius 2 is 1.79 bits per heavy atom. The van der Waals surface area contributed by atoms with E-state index in [4.69, 9.17) is 14.7 Å². The molecule has 4 heterocycles. The van der Waals surface area contributed by atoms with Gasteiger partial charge < -0.3 is 24.3 Å². The summed E-state index contributed by atoms with van der Waals surface area (Å²) in [6, 6.07) is 15.4. The van der Waals surface area contributed by atoms with E-state index in [9.17, 15) is 9.59 Å². The number of thioether (sulfide) groups is 1. The molecule has 1 aromatic heterocycles. The van der Waals surface area contributed by atoms with E-state index in [1.165, 1.54) is 9.60 Å². The first-order valence-electron chi connectivity index (χ1n) is 13.1. The van der Waals surface area contributed by atoms with Gasteiger partial charge in [-0.05, 0) is 42.8 Å². The Bertz CT molecular complexity index is 1350. The van der Waals surface area contributed by atoms with Gasteiger partial charge in [-0.15, -0.1) is 11.3 Å². The van der Waals surface area contributed by atoms with Crippen molar-refractivity contribution < 1.29 is 14.3 Å². The molecule has 0 bridgehead atoms. The summed E-state index contributed by atoms with van der Waals surface area (Å²) in [5.41, 5.74) is 2.19. The molecular weight excluding hydrogens is 534 g/mol. The van der Waals surface area contributed by atoms with Crippen LogP contribution in [0.15, 0.2) is 57.9 Å². The number of para-hydroxylation sites is 1. The lowest BCUT2D eigenvalue weighted by atomic mass is 10.1. The van der Waals surface area contributed by atoms with Gasteiger partial charge in [0.05, 0.1) is 17.3 Å². The Balaban J connectivity index is 1.13. The number of aliphatic imine (C=N–C) groups is 1. The third kappa shape index (κ3) is 5.10. The number of benzene rings is 2. The number of anilines is 1. The molecule has 204 valence electrons. The Morgan fingerprint density at radius 1 is 1.05 bits per heavy atom. The summed E-state index contributed by atoms with van der Waals surface area (Å²) >= 11 is 3.45. The number of nitrogens with one attached hydrogen (secondary N) is 1. The van der Waals surface area contributed by atoms with Crippen molar-refractivity contribution in [3.05, 3.63) is 48.5 Å². The number of thiazole rings is 1. The average Bonchev–Trinajstić information content (AvgIpc) is 3.56. The van der Waals surface area contributed by atoms with E-state index < -0.39 is 18.2 Å². The van der Waals surface area contributed by atoms with Crippen LogP contribution in [0.4, 0.5) is 10.5 Å². The number of hydrogen-bond donors (Lipinski definition) is 1. The molecule has 3 aliphatic heterocycles. The molecule has 0 spiro atoms. The molecule has 2 aromatic carbocycles. The summed E-state index contributed by atoms with van der Waals surface area (Å²) in [4.78, 5) is 43.2. The minimum atomic E-state index is -0.519. The van der Waals surface area contributed by atoms with Gasteiger partial charge in [-0.2, -0.15) is 0 Å². The zero-order valence-electron chi connectivity index (χ0n) is 21.9. The molecule has 2 saturated heterocycles. The van der Waals surface area contributed by atoms with Gasteiger partial charge in [-0.25, -0.2) is 14.8 Å². The van der Waals surface area contributed by atoms with Crippen LogP contribution in [-0.4, -0.2) is 102 Å². The van der Waals surface area contributed by atoms with Crippen LogP contribution in [0.5, 0.6) is 5.75 Å². The van der Waals surface area contributed by atoms with Crippen LogP contribution < -0.4 is 15.0 Å². The SMILES string of the molecule is COc1ccc(N2CCN(C3=NC4C(C(=O)NC(=O)N4C)N3CCCSc3nc4ccccc4s3)CC2)cc1. The van der Waals surface area contributed by atoms with Crippen molar-refractivity contribution in [2.24, 2.45) is 4.99 Å². The first kappa shape index (κ1) is 25.8. The van der Waals surface area contributed by atoms with Gasteiger partial charge in [-0.3, -0.25) is 10.1 Å². The fourth-order valence-electron chi connectivity index (χ4n) is 5.28. The highest BCUT2D eigenvalue weighted by molar-refractivity contribution is 8.01. The van der Waals surface area contributed by atoms with Gasteiger partial charge in [0, 0.05) is 51.2 Å². The van der Waals surface area contributed by atoms with Gasteiger partial charge in [0.2, 0.25) is 0 Å². The largest absolute Gasteiger partial charge is 0.497 e. The molecule has 3 amide bonds. The third-order valence-electron chi connectivity index (χ3n) is 7.38. The van der Waals surface area contributed by atoms with E-state index in [1.54, 1.807) is 37.3 Å². The third-order valence-corrected chi connectivity index (χ3v) is 9.65. The van der Waals surface area contributed by atoms with Crippen molar-refractivity contribution in [2.45, 2.75) is 23.0 Å². The molecule has 12 heteroatoms. The van der Waals surface area contributed by atoms with E-state index >= 15 is 0 Å². The Morgan fingerprint density at radius 3 is 2.54 bits per heavy atom. The molecule has 2 fully saturated rings. The van der Waals surface area contributed by atoms with Gasteiger partial charge in [0.1, 0.15) is 5.75 Å². The summed E-state index contributed by atoms with van der Waals surface area (Å²) < 4.78 is 7.54. The molecule has 0 aliphatic carbocycles. The maximum absolute atomic E-state index is 13.0. The van der Waals surface area contributed by atoms with Crippen molar-refractivity contribution in [3.63, 3.8) is 0 Å². The fourth-order valence-corrected chi connectivity index (χ4v) is 7.34. The highest BCUT2D eigenvalue weighted by atomic mass is 32.2. The Labute approximate surface area is 235 Å². The smallest absolute Gasteiger partial charge is 0.325 e. The van der Waals surface area contributed by atoms with Gasteiger partial charge >= 0.3 is 6.03 Å². The number of fused-ring (bicyclic) bond motifs is 2. The number of carbonyl (C=O) groups is 2. The van der Waals surface area contributed by atoms with Crippen LogP contribution in [0.1, 0.15) is 6.42 Å². The number of guanidine groups is 1. The predicted molar refractivity (Wildman–Crippen MR) is 155 cm³/mol. The molecular formula is C27H31N7O3S2. The number of likely N-dealkylation sites (N-methyl/N-ethyl adjacent to an activating group) is 1. The quantitative estimate of drug-likeness (QED) is 0.345. The van der Waals surface area contributed by atoms with Crippen LogP contribution in [0, 0.1) is 0 Å². The van der Waals surface area contributed by atoms with Crippen LogP contribution in [0.3, 0.4) is 0 Å². The number of imide groups is 1. The highest BCUT2D eigenvalue weighted by Crippen LogP contribution is 2.31. The van der Waals surface area contributed by atoms with Gasteiger partial charge in [0.25, 0.3) is 5.91 Å². The summed E-state index contributed by atoms with van der Waals surface area (Å²) in [6.07, 6.45) is 0.345. The van der Waals surface area contributed by atoms with Gasteiger partial charge in [-0.1, -0.05) is 23.9 Å². The normalized spacial score (nSPS) is 21.3. The molecule has 0 saturated carbocycles. The lowest BCUT2D eigenvalue weighted by Crippen LogP contribution is -2.64. The number of methoxy groups -OCH3 is 1. The first-order valence-corrected chi connectivity index (χ1v) is 14.9. The number of hydrogen-bond acceptors (Lipinski definition) is 10. The zero-order valence-corrected chi connectivity index (χ0v) is 23.6. The molecule has 6 rings (SSSR count). The maximum Gasteiger partial charge on any atom is 0.325 e.